The summed E-state index contributed by atoms with van der Waals surface area (Å²) in [4.78, 5) is 3.98. The molecule has 3 nitrogen and oxygen atoms in total. The summed E-state index contributed by atoms with van der Waals surface area (Å²) in [6.07, 6.45) is 0. The normalized spacial score (nSPS) is 12.7. The molecular weight excluding hydrogens is 134 g/mol. The lowest BCUT2D eigenvalue weighted by molar-refractivity contribution is 0.709. The van der Waals surface area contributed by atoms with Crippen molar-refractivity contribution in [3.05, 3.63) is 0 Å². The van der Waals surface area contributed by atoms with Gasteiger partial charge in [-0.2, -0.15) is 0 Å². The van der Waals surface area contributed by atoms with Gasteiger partial charge in [0, 0.05) is 6.54 Å². The van der Waals surface area contributed by atoms with Crippen LogP contribution >= 0.6 is 11.9 Å². The lowest BCUT2D eigenvalue weighted by Crippen LogP contribution is -2.14. The van der Waals surface area contributed by atoms with E-state index in [-0.39, 0.29) is 0 Å². The average molecular weight is 147 g/mol. The zero-order valence-corrected chi connectivity index (χ0v) is 6.90. The van der Waals surface area contributed by atoms with Gasteiger partial charge in [-0.3, -0.25) is 4.99 Å². The number of amidine groups is 1. The van der Waals surface area contributed by atoms with E-state index in [0.717, 1.165) is 6.54 Å². The van der Waals surface area contributed by atoms with E-state index in [0.29, 0.717) is 5.17 Å². The van der Waals surface area contributed by atoms with Crippen LogP contribution < -0.4 is 5.73 Å². The van der Waals surface area contributed by atoms with Crippen molar-refractivity contribution in [1.82, 2.24) is 4.31 Å². The van der Waals surface area contributed by atoms with Crippen molar-refractivity contribution in [1.29, 1.82) is 0 Å². The number of aliphatic imine (C=N–C) groups is 1. The second kappa shape index (κ2) is 4.64. The molecule has 0 aromatic rings. The van der Waals surface area contributed by atoms with E-state index in [2.05, 4.69) is 4.99 Å². The van der Waals surface area contributed by atoms with Gasteiger partial charge in [-0.05, 0) is 33.0 Å². The monoisotopic (exact) mass is 147 g/mol. The Morgan fingerprint density at radius 2 is 2.22 bits per heavy atom. The Labute approximate surface area is 60.5 Å². The van der Waals surface area contributed by atoms with Gasteiger partial charge in [0.25, 0.3) is 0 Å². The molecule has 0 aliphatic heterocycles. The van der Waals surface area contributed by atoms with Crippen LogP contribution in [0.4, 0.5) is 0 Å². The van der Waals surface area contributed by atoms with Gasteiger partial charge in [0.15, 0.2) is 5.17 Å². The van der Waals surface area contributed by atoms with E-state index in [1.807, 2.05) is 25.3 Å². The van der Waals surface area contributed by atoms with Crippen molar-refractivity contribution in [2.24, 2.45) is 10.7 Å². The van der Waals surface area contributed by atoms with Crippen LogP contribution in [0.2, 0.25) is 0 Å². The van der Waals surface area contributed by atoms with Gasteiger partial charge < -0.3 is 5.73 Å². The van der Waals surface area contributed by atoms with E-state index in [1.54, 1.807) is 0 Å². The molecule has 0 aliphatic rings. The fourth-order valence-corrected chi connectivity index (χ4v) is 0.933. The first-order valence-corrected chi connectivity index (χ1v) is 3.59. The SMILES string of the molecule is CCN=C(N)SN(C)C. The minimum absolute atomic E-state index is 0.627. The molecule has 9 heavy (non-hydrogen) atoms. The highest BCUT2D eigenvalue weighted by molar-refractivity contribution is 8.11. The standard InChI is InChI=1S/C5H13N3S/c1-4-7-5(6)9-8(2)3/h4H2,1-3H3,(H2,6,7). The molecule has 0 aromatic carbocycles. The Kier molecular flexibility index (Phi) is 4.53. The third-order valence-corrected chi connectivity index (χ3v) is 1.27. The molecule has 0 fully saturated rings. The Morgan fingerprint density at radius 1 is 1.67 bits per heavy atom. The summed E-state index contributed by atoms with van der Waals surface area (Å²) in [5.74, 6) is 0. The lowest BCUT2D eigenvalue weighted by Gasteiger charge is -2.05. The first kappa shape index (κ1) is 8.78. The van der Waals surface area contributed by atoms with Gasteiger partial charge in [-0.1, -0.05) is 0 Å². The molecule has 54 valence electrons. The lowest BCUT2D eigenvalue weighted by atomic mass is 10.8. The first-order chi connectivity index (χ1) is 4.16. The molecule has 0 saturated carbocycles. The summed E-state index contributed by atoms with van der Waals surface area (Å²) in [6.45, 7) is 2.72. The van der Waals surface area contributed by atoms with Crippen molar-refractivity contribution in [3.8, 4) is 0 Å². The number of rotatable bonds is 2. The molecule has 0 radical (unpaired) electrons. The van der Waals surface area contributed by atoms with Crippen molar-refractivity contribution in [3.63, 3.8) is 0 Å². The van der Waals surface area contributed by atoms with Crippen molar-refractivity contribution >= 4 is 17.1 Å². The predicted octanol–water partition coefficient (Wildman–Crippen LogP) is 0.531. The molecule has 0 amide bonds. The molecule has 0 rings (SSSR count). The summed E-state index contributed by atoms with van der Waals surface area (Å²) in [6, 6.07) is 0. The maximum absolute atomic E-state index is 5.46. The largest absolute Gasteiger partial charge is 0.377 e. The van der Waals surface area contributed by atoms with Crippen LogP contribution in [0.3, 0.4) is 0 Å². The predicted molar refractivity (Wildman–Crippen MR) is 43.4 cm³/mol. The molecule has 2 N–H and O–H groups in total. The van der Waals surface area contributed by atoms with Crippen LogP contribution in [0.15, 0.2) is 4.99 Å². The minimum atomic E-state index is 0.627. The topological polar surface area (TPSA) is 41.6 Å². The molecule has 0 atom stereocenters. The number of nitrogens with two attached hydrogens (primary N) is 1. The molecule has 0 spiro atoms. The maximum atomic E-state index is 5.46. The Morgan fingerprint density at radius 3 is 2.56 bits per heavy atom. The minimum Gasteiger partial charge on any atom is -0.377 e. The van der Waals surface area contributed by atoms with Gasteiger partial charge in [-0.25, -0.2) is 4.31 Å². The second-order valence-electron chi connectivity index (χ2n) is 1.72. The number of hydrogen-bond donors (Lipinski definition) is 1. The van der Waals surface area contributed by atoms with Gasteiger partial charge >= 0.3 is 0 Å². The van der Waals surface area contributed by atoms with Crippen molar-refractivity contribution in [2.45, 2.75) is 6.92 Å². The Balaban J connectivity index is 3.49. The number of nitrogens with zero attached hydrogens (tertiary/aromatic N) is 2. The molecule has 0 unspecified atom stereocenters. The highest BCUT2D eigenvalue weighted by Crippen LogP contribution is 2.01. The number of hydrogen-bond acceptors (Lipinski definition) is 3. The molecule has 0 aliphatic carbocycles. The molecule has 0 saturated heterocycles. The highest BCUT2D eigenvalue weighted by Gasteiger charge is 1.92. The summed E-state index contributed by atoms with van der Waals surface area (Å²) in [5.41, 5.74) is 5.46. The maximum Gasteiger partial charge on any atom is 0.169 e. The molecule has 0 heterocycles. The summed E-state index contributed by atoms with van der Waals surface area (Å²) in [7, 11) is 3.87. The van der Waals surface area contributed by atoms with E-state index in [1.165, 1.54) is 11.9 Å². The average Bonchev–Trinajstić information content (AvgIpc) is 1.63. The molecule has 4 heteroatoms. The van der Waals surface area contributed by atoms with Crippen LogP contribution in [0.25, 0.3) is 0 Å². The Hall–Kier alpha value is -0.220. The van der Waals surface area contributed by atoms with Gasteiger partial charge in [-0.15, -0.1) is 0 Å². The molecule has 0 aromatic heterocycles. The van der Waals surface area contributed by atoms with Gasteiger partial charge in [0.2, 0.25) is 0 Å². The zero-order valence-electron chi connectivity index (χ0n) is 6.09. The summed E-state index contributed by atoms with van der Waals surface area (Å²) < 4.78 is 1.91. The van der Waals surface area contributed by atoms with Crippen LogP contribution in [-0.2, 0) is 0 Å². The quantitative estimate of drug-likeness (QED) is 0.352. The van der Waals surface area contributed by atoms with Gasteiger partial charge in [0.1, 0.15) is 0 Å². The second-order valence-corrected chi connectivity index (χ2v) is 3.05. The molecule has 0 bridgehead atoms. The van der Waals surface area contributed by atoms with Crippen LogP contribution in [-0.4, -0.2) is 30.1 Å². The molecular formula is C5H13N3S. The fourth-order valence-electron chi connectivity index (χ4n) is 0.372. The first-order valence-electron chi connectivity index (χ1n) is 2.82. The smallest absolute Gasteiger partial charge is 0.169 e. The van der Waals surface area contributed by atoms with Crippen LogP contribution in [0.1, 0.15) is 6.92 Å². The van der Waals surface area contributed by atoms with E-state index < -0.39 is 0 Å². The van der Waals surface area contributed by atoms with E-state index >= 15 is 0 Å². The van der Waals surface area contributed by atoms with Crippen molar-refractivity contribution in [2.75, 3.05) is 20.6 Å². The third-order valence-electron chi connectivity index (χ3n) is 0.590. The van der Waals surface area contributed by atoms with Gasteiger partial charge in [0.05, 0.1) is 0 Å². The highest BCUT2D eigenvalue weighted by atomic mass is 32.2. The fraction of sp³-hybridized carbons (Fsp3) is 0.800. The zero-order chi connectivity index (χ0) is 7.28. The Bertz CT molecular complexity index is 100. The van der Waals surface area contributed by atoms with Crippen molar-refractivity contribution < 1.29 is 0 Å². The summed E-state index contributed by atoms with van der Waals surface area (Å²) >= 11 is 1.44. The van der Waals surface area contributed by atoms with E-state index in [4.69, 9.17) is 5.73 Å². The van der Waals surface area contributed by atoms with Crippen LogP contribution in [0.5, 0.6) is 0 Å². The summed E-state index contributed by atoms with van der Waals surface area (Å²) in [5, 5.41) is 0.627. The van der Waals surface area contributed by atoms with Crippen LogP contribution in [0, 0.1) is 0 Å². The third kappa shape index (κ3) is 5.65. The van der Waals surface area contributed by atoms with E-state index in [9.17, 15) is 0 Å².